The van der Waals surface area contributed by atoms with Crippen molar-refractivity contribution < 1.29 is 22.7 Å². The van der Waals surface area contributed by atoms with E-state index in [-0.39, 0.29) is 36.1 Å². The summed E-state index contributed by atoms with van der Waals surface area (Å²) in [6.45, 7) is 5.92. The highest BCUT2D eigenvalue weighted by Gasteiger charge is 2.33. The smallest absolute Gasteiger partial charge is 0.434 e. The Labute approximate surface area is 202 Å². The average molecular weight is 577 g/mol. The molecule has 0 aliphatic heterocycles. The van der Waals surface area contributed by atoms with Crippen LogP contribution in [0.1, 0.15) is 57.2 Å². The number of carbonyl (C=O) groups excluding carboxylic acids is 1. The first-order valence-electron chi connectivity index (χ1n) is 9.94. The van der Waals surface area contributed by atoms with Gasteiger partial charge in [-0.3, -0.25) is 4.99 Å². The first-order chi connectivity index (χ1) is 14.0. The third-order valence-corrected chi connectivity index (χ3v) is 5.39. The van der Waals surface area contributed by atoms with Gasteiger partial charge in [0.15, 0.2) is 11.7 Å². The Bertz CT molecular complexity index is 729. The Morgan fingerprint density at radius 3 is 2.26 bits per heavy atom. The van der Waals surface area contributed by atoms with E-state index >= 15 is 0 Å². The molecule has 1 aromatic rings. The lowest BCUT2D eigenvalue weighted by molar-refractivity contribution is -0.140. The minimum atomic E-state index is -4.41. The molecule has 0 aromatic carbocycles. The molecule has 0 atom stereocenters. The van der Waals surface area contributed by atoms with E-state index in [1.165, 1.54) is 0 Å². The molecule has 1 aliphatic carbocycles. The Morgan fingerprint density at radius 2 is 1.77 bits per heavy atom. The zero-order valence-electron chi connectivity index (χ0n) is 18.1. The van der Waals surface area contributed by atoms with Crippen LogP contribution in [0.4, 0.5) is 18.0 Å². The molecule has 0 unspecified atom stereocenters. The van der Waals surface area contributed by atoms with Crippen molar-refractivity contribution in [1.82, 2.24) is 20.9 Å². The second-order valence-corrected chi connectivity index (χ2v) is 9.16. The lowest BCUT2D eigenvalue weighted by Gasteiger charge is -2.31. The molecular weight excluding hydrogens is 546 g/mol. The highest BCUT2D eigenvalue weighted by atomic mass is 127. The summed E-state index contributed by atoms with van der Waals surface area (Å²) >= 11 is 1.00. The molecule has 1 aromatic heterocycles. The van der Waals surface area contributed by atoms with Crippen molar-refractivity contribution in [2.75, 3.05) is 13.6 Å². The summed E-state index contributed by atoms with van der Waals surface area (Å²) < 4.78 is 43.1. The highest BCUT2D eigenvalue weighted by molar-refractivity contribution is 14.0. The molecule has 178 valence electrons. The molecule has 2 rings (SSSR count). The van der Waals surface area contributed by atoms with Gasteiger partial charge in [0.25, 0.3) is 0 Å². The molecule has 0 bridgehead atoms. The van der Waals surface area contributed by atoms with Gasteiger partial charge in [-0.05, 0) is 46.5 Å². The van der Waals surface area contributed by atoms with Crippen LogP contribution in [0.5, 0.6) is 0 Å². The number of rotatable bonds is 5. The second-order valence-electron chi connectivity index (χ2n) is 8.21. The van der Waals surface area contributed by atoms with Gasteiger partial charge in [0.05, 0.1) is 5.01 Å². The van der Waals surface area contributed by atoms with Gasteiger partial charge in [0.2, 0.25) is 0 Å². The van der Waals surface area contributed by atoms with Gasteiger partial charge < -0.3 is 20.7 Å². The molecule has 0 saturated heterocycles. The van der Waals surface area contributed by atoms with Crippen LogP contribution in [0.15, 0.2) is 10.4 Å². The molecular formula is C19H31F3IN5O2S. The van der Waals surface area contributed by atoms with Crippen molar-refractivity contribution in [1.29, 1.82) is 0 Å². The summed E-state index contributed by atoms with van der Waals surface area (Å²) in [6, 6.07) is 0.296. The largest absolute Gasteiger partial charge is 0.444 e. The Morgan fingerprint density at radius 1 is 1.19 bits per heavy atom. The SMILES string of the molecule is CN=C(NCCc1nc(C(F)(F)F)cs1)NC1CCC(NC(=O)OC(C)(C)C)CC1.I. The number of ether oxygens (including phenoxy) is 1. The second kappa shape index (κ2) is 12.1. The molecule has 1 amide bonds. The van der Waals surface area contributed by atoms with E-state index in [2.05, 4.69) is 25.9 Å². The summed E-state index contributed by atoms with van der Waals surface area (Å²) in [4.78, 5) is 19.7. The number of amides is 1. The minimum absolute atomic E-state index is 0. The molecule has 1 aliphatic rings. The number of aliphatic imine (C=N–C) groups is 1. The minimum Gasteiger partial charge on any atom is -0.444 e. The van der Waals surface area contributed by atoms with E-state index in [0.717, 1.165) is 42.4 Å². The lowest BCUT2D eigenvalue weighted by atomic mass is 9.91. The number of hydrogen-bond donors (Lipinski definition) is 3. The predicted octanol–water partition coefficient (Wildman–Crippen LogP) is 4.32. The quantitative estimate of drug-likeness (QED) is 0.276. The summed E-state index contributed by atoms with van der Waals surface area (Å²) in [6.07, 6.45) is -1.04. The number of halogens is 4. The van der Waals surface area contributed by atoms with Gasteiger partial charge in [-0.25, -0.2) is 9.78 Å². The van der Waals surface area contributed by atoms with E-state index in [4.69, 9.17) is 4.74 Å². The van der Waals surface area contributed by atoms with Crippen molar-refractivity contribution in [2.24, 2.45) is 4.99 Å². The van der Waals surface area contributed by atoms with Gasteiger partial charge in [-0.15, -0.1) is 35.3 Å². The fraction of sp³-hybridized carbons (Fsp3) is 0.737. The van der Waals surface area contributed by atoms with Gasteiger partial charge >= 0.3 is 12.3 Å². The Hall–Kier alpha value is -1.31. The molecule has 0 radical (unpaired) electrons. The van der Waals surface area contributed by atoms with Gasteiger partial charge in [-0.1, -0.05) is 0 Å². The van der Waals surface area contributed by atoms with Gasteiger partial charge in [0, 0.05) is 37.5 Å². The number of thiazole rings is 1. The van der Waals surface area contributed by atoms with Crippen LogP contribution in [0.3, 0.4) is 0 Å². The maximum atomic E-state index is 12.6. The molecule has 12 heteroatoms. The Kier molecular flexibility index (Phi) is 10.8. The number of guanidine groups is 1. The van der Waals surface area contributed by atoms with Crippen LogP contribution in [-0.4, -0.2) is 48.3 Å². The fourth-order valence-corrected chi connectivity index (χ4v) is 3.89. The van der Waals surface area contributed by atoms with E-state index < -0.39 is 23.6 Å². The number of carbonyl (C=O) groups is 1. The number of nitrogens with one attached hydrogen (secondary N) is 3. The molecule has 0 spiro atoms. The van der Waals surface area contributed by atoms with Crippen molar-refractivity contribution in [3.8, 4) is 0 Å². The summed E-state index contributed by atoms with van der Waals surface area (Å²) in [5, 5.41) is 10.8. The number of hydrogen-bond acceptors (Lipinski definition) is 5. The van der Waals surface area contributed by atoms with E-state index in [9.17, 15) is 18.0 Å². The maximum absolute atomic E-state index is 12.6. The average Bonchev–Trinajstić information content (AvgIpc) is 3.10. The normalized spacial score (nSPS) is 19.9. The zero-order valence-corrected chi connectivity index (χ0v) is 21.3. The third-order valence-electron chi connectivity index (χ3n) is 4.49. The molecule has 7 nitrogen and oxygen atoms in total. The maximum Gasteiger partial charge on any atom is 0.434 e. The van der Waals surface area contributed by atoms with Crippen LogP contribution < -0.4 is 16.0 Å². The molecule has 1 heterocycles. The molecule has 31 heavy (non-hydrogen) atoms. The Balaban J connectivity index is 0.00000480. The molecule has 1 saturated carbocycles. The monoisotopic (exact) mass is 577 g/mol. The first kappa shape index (κ1) is 27.7. The van der Waals surface area contributed by atoms with Gasteiger partial charge in [-0.2, -0.15) is 13.2 Å². The van der Waals surface area contributed by atoms with Crippen LogP contribution in [0.25, 0.3) is 0 Å². The van der Waals surface area contributed by atoms with Crippen molar-refractivity contribution >= 4 is 47.4 Å². The highest BCUT2D eigenvalue weighted by Crippen LogP contribution is 2.30. The van der Waals surface area contributed by atoms with Gasteiger partial charge in [0.1, 0.15) is 5.60 Å². The van der Waals surface area contributed by atoms with E-state index in [1.54, 1.807) is 7.05 Å². The number of alkyl carbamates (subject to hydrolysis) is 1. The summed E-state index contributed by atoms with van der Waals surface area (Å²) in [7, 11) is 1.65. The van der Waals surface area contributed by atoms with E-state index in [1.807, 2.05) is 20.8 Å². The predicted molar refractivity (Wildman–Crippen MR) is 126 cm³/mol. The molecule has 1 fully saturated rings. The first-order valence-corrected chi connectivity index (χ1v) is 10.8. The van der Waals surface area contributed by atoms with Crippen LogP contribution in [0.2, 0.25) is 0 Å². The van der Waals surface area contributed by atoms with Crippen molar-refractivity contribution in [3.05, 3.63) is 16.1 Å². The summed E-state index contributed by atoms with van der Waals surface area (Å²) in [5.41, 5.74) is -1.37. The fourth-order valence-electron chi connectivity index (χ4n) is 3.09. The van der Waals surface area contributed by atoms with Crippen molar-refractivity contribution in [2.45, 2.75) is 76.7 Å². The zero-order chi connectivity index (χ0) is 22.4. The van der Waals surface area contributed by atoms with Crippen LogP contribution in [-0.2, 0) is 17.3 Å². The van der Waals surface area contributed by atoms with Crippen molar-refractivity contribution in [3.63, 3.8) is 0 Å². The lowest BCUT2D eigenvalue weighted by Crippen LogP contribution is -2.48. The summed E-state index contributed by atoms with van der Waals surface area (Å²) in [5.74, 6) is 0.603. The van der Waals surface area contributed by atoms with E-state index in [0.29, 0.717) is 23.9 Å². The van der Waals surface area contributed by atoms with Crippen LogP contribution >= 0.6 is 35.3 Å². The topological polar surface area (TPSA) is 87.6 Å². The number of nitrogens with zero attached hydrogens (tertiary/aromatic N) is 2. The molecule has 3 N–H and O–H groups in total. The number of aromatic nitrogens is 1. The standard InChI is InChI=1S/C19H30F3N5O2S.HI/c1-18(2,3)29-17(28)26-13-7-5-12(6-8-13)25-16(23-4)24-10-9-15-27-14(11-30-15)19(20,21)22;/h11-13H,5-10H2,1-4H3,(H,26,28)(H2,23,24,25);1H. The number of alkyl halides is 3. The van der Waals surface area contributed by atoms with Crippen LogP contribution in [0, 0.1) is 0 Å². The third kappa shape index (κ3) is 10.2.